The zero-order chi connectivity index (χ0) is 11.1. The van der Waals surface area contributed by atoms with Gasteiger partial charge in [0.1, 0.15) is 24.4 Å². The molecule has 8 nitrogen and oxygen atoms in total. The molecule has 8 heteroatoms. The molecule has 0 aliphatic carbocycles. The van der Waals surface area contributed by atoms with E-state index < -0.39 is 36.6 Å². The van der Waals surface area contributed by atoms with Crippen LogP contribution in [0.3, 0.4) is 0 Å². The fourth-order valence-electron chi connectivity index (χ4n) is 1.24. The van der Waals surface area contributed by atoms with E-state index in [2.05, 4.69) is 4.74 Å². The minimum Gasteiger partial charge on any atom is -0.387 e. The van der Waals surface area contributed by atoms with Crippen molar-refractivity contribution in [3.05, 3.63) is 0 Å². The van der Waals surface area contributed by atoms with Crippen LogP contribution in [0.4, 0.5) is 0 Å². The second-order valence-electron chi connectivity index (χ2n) is 3.31. The normalized spacial score (nSPS) is 45.2. The van der Waals surface area contributed by atoms with Crippen molar-refractivity contribution in [2.24, 2.45) is 11.5 Å². The number of hydrogen-bond acceptors (Lipinski definition) is 8. The van der Waals surface area contributed by atoms with Crippen LogP contribution in [0.15, 0.2) is 0 Å². The summed E-state index contributed by atoms with van der Waals surface area (Å²) in [5.41, 5.74) is 10.0. The Morgan fingerprint density at radius 2 is 1.43 bits per heavy atom. The highest BCUT2D eigenvalue weighted by Crippen LogP contribution is 2.22. The molecule has 0 amide bonds. The largest absolute Gasteiger partial charge is 0.387 e. The average molecular weight is 210 g/mol. The molecule has 5 atom stereocenters. The van der Waals surface area contributed by atoms with E-state index in [4.69, 9.17) is 26.8 Å². The molecule has 1 rings (SSSR count). The van der Waals surface area contributed by atoms with E-state index in [0.717, 1.165) is 0 Å². The Balaban J connectivity index is 2.81. The number of rotatable bonds is 1. The third-order valence-corrected chi connectivity index (χ3v) is 2.04. The Hall–Kier alpha value is -0.320. The number of ether oxygens (including phenoxy) is 1. The van der Waals surface area contributed by atoms with Gasteiger partial charge < -0.3 is 30.3 Å². The molecule has 1 fully saturated rings. The van der Waals surface area contributed by atoms with Crippen LogP contribution in [-0.2, 0) is 4.74 Å². The Morgan fingerprint density at radius 3 is 1.86 bits per heavy atom. The molecule has 84 valence electrons. The predicted octanol–water partition coefficient (Wildman–Crippen LogP) is -4.65. The molecule has 0 aromatic carbocycles. The molecular formula is C6H14N2O6. The molecule has 0 radical (unpaired) electrons. The van der Waals surface area contributed by atoms with Crippen LogP contribution in [0.2, 0.25) is 0 Å². The van der Waals surface area contributed by atoms with Crippen molar-refractivity contribution in [2.45, 2.75) is 36.6 Å². The van der Waals surface area contributed by atoms with Gasteiger partial charge in [0.05, 0.1) is 0 Å². The van der Waals surface area contributed by atoms with E-state index in [9.17, 15) is 10.2 Å². The smallest absolute Gasteiger partial charge is 0.197 e. The van der Waals surface area contributed by atoms with E-state index in [1.807, 2.05) is 0 Å². The van der Waals surface area contributed by atoms with Crippen molar-refractivity contribution in [1.29, 1.82) is 0 Å². The van der Waals surface area contributed by atoms with Gasteiger partial charge in [-0.15, -0.1) is 0 Å². The summed E-state index contributed by atoms with van der Waals surface area (Å²) in [5, 5.41) is 45.7. The highest BCUT2D eigenvalue weighted by molar-refractivity contribution is 4.94. The fourth-order valence-corrected chi connectivity index (χ4v) is 1.24. The number of aliphatic hydroxyl groups is 5. The van der Waals surface area contributed by atoms with Crippen LogP contribution in [0.1, 0.15) is 0 Å². The molecule has 1 heterocycles. The van der Waals surface area contributed by atoms with Gasteiger partial charge >= 0.3 is 0 Å². The van der Waals surface area contributed by atoms with E-state index in [-0.39, 0.29) is 0 Å². The lowest BCUT2D eigenvalue weighted by molar-refractivity contribution is -0.311. The molecule has 1 saturated heterocycles. The van der Waals surface area contributed by atoms with Gasteiger partial charge in [-0.2, -0.15) is 0 Å². The Morgan fingerprint density at radius 1 is 0.929 bits per heavy atom. The van der Waals surface area contributed by atoms with Crippen LogP contribution < -0.4 is 11.5 Å². The maximum Gasteiger partial charge on any atom is 0.197 e. The van der Waals surface area contributed by atoms with Gasteiger partial charge in [-0.3, -0.25) is 11.5 Å². The van der Waals surface area contributed by atoms with E-state index >= 15 is 0 Å². The number of aliphatic hydroxyl groups excluding tert-OH is 4. The van der Waals surface area contributed by atoms with Crippen LogP contribution in [0, 0.1) is 0 Å². The van der Waals surface area contributed by atoms with Gasteiger partial charge in [0.2, 0.25) is 0 Å². The second-order valence-corrected chi connectivity index (χ2v) is 3.31. The predicted molar refractivity (Wildman–Crippen MR) is 42.2 cm³/mol. The van der Waals surface area contributed by atoms with Crippen LogP contribution >= 0.6 is 0 Å². The monoisotopic (exact) mass is 210 g/mol. The van der Waals surface area contributed by atoms with Crippen molar-refractivity contribution < 1.29 is 30.3 Å². The first-order valence-corrected chi connectivity index (χ1v) is 3.93. The molecule has 1 unspecified atom stereocenters. The number of nitrogens with two attached hydrogens (primary N) is 2. The lowest BCUT2D eigenvalue weighted by Gasteiger charge is -2.42. The van der Waals surface area contributed by atoms with E-state index in [0.29, 0.717) is 0 Å². The summed E-state index contributed by atoms with van der Waals surface area (Å²) < 4.78 is 4.54. The molecule has 0 bridgehead atoms. The minimum atomic E-state index is -2.42. The summed E-state index contributed by atoms with van der Waals surface area (Å²) in [4.78, 5) is 0. The minimum absolute atomic E-state index is 1.59. The lowest BCUT2D eigenvalue weighted by Crippen LogP contribution is -2.70. The van der Waals surface area contributed by atoms with Gasteiger partial charge in [-0.25, -0.2) is 0 Å². The fraction of sp³-hybridized carbons (Fsp3) is 1.00. The van der Waals surface area contributed by atoms with Gasteiger partial charge in [-0.1, -0.05) is 0 Å². The summed E-state index contributed by atoms with van der Waals surface area (Å²) in [6.07, 6.45) is -8.41. The molecule has 1 aliphatic heterocycles. The summed E-state index contributed by atoms with van der Waals surface area (Å²) in [7, 11) is 0. The third kappa shape index (κ3) is 2.02. The average Bonchev–Trinajstić information content (AvgIpc) is 2.06. The van der Waals surface area contributed by atoms with Gasteiger partial charge in [0.25, 0.3) is 0 Å². The van der Waals surface area contributed by atoms with Crippen LogP contribution in [0.5, 0.6) is 0 Å². The van der Waals surface area contributed by atoms with Gasteiger partial charge in [-0.05, 0) is 0 Å². The first-order chi connectivity index (χ1) is 6.25. The molecule has 9 N–H and O–H groups in total. The zero-order valence-electron chi connectivity index (χ0n) is 7.19. The van der Waals surface area contributed by atoms with E-state index in [1.165, 1.54) is 0 Å². The lowest BCUT2D eigenvalue weighted by atomic mass is 9.96. The Kier molecular flexibility index (Phi) is 3.09. The molecule has 0 aromatic rings. The van der Waals surface area contributed by atoms with Crippen molar-refractivity contribution >= 4 is 0 Å². The van der Waals surface area contributed by atoms with Crippen LogP contribution in [-0.4, -0.2) is 62.1 Å². The van der Waals surface area contributed by atoms with Crippen molar-refractivity contribution in [2.75, 3.05) is 0 Å². The molecule has 0 spiro atoms. The van der Waals surface area contributed by atoms with Crippen molar-refractivity contribution in [1.82, 2.24) is 0 Å². The quantitative estimate of drug-likeness (QED) is 0.212. The zero-order valence-corrected chi connectivity index (χ0v) is 7.19. The highest BCUT2D eigenvalue weighted by Gasteiger charge is 2.49. The first kappa shape index (κ1) is 11.8. The topological polar surface area (TPSA) is 162 Å². The summed E-state index contributed by atoms with van der Waals surface area (Å²) in [6, 6.07) is 0. The molecular weight excluding hydrogens is 196 g/mol. The van der Waals surface area contributed by atoms with Crippen LogP contribution in [0.25, 0.3) is 0 Å². The Bertz CT molecular complexity index is 207. The van der Waals surface area contributed by atoms with Gasteiger partial charge in [0.15, 0.2) is 12.1 Å². The second kappa shape index (κ2) is 3.68. The van der Waals surface area contributed by atoms with Gasteiger partial charge in [0, 0.05) is 0 Å². The summed E-state index contributed by atoms with van der Waals surface area (Å²) >= 11 is 0. The van der Waals surface area contributed by atoms with E-state index in [1.54, 1.807) is 0 Å². The first-order valence-electron chi connectivity index (χ1n) is 3.93. The number of hydrogen-bond donors (Lipinski definition) is 7. The SMILES string of the molecule is NC(N)(O)[C@H]1OC(O)[C@H](O)[C@@H](O)[C@@H]1O. The maximum atomic E-state index is 9.30. The van der Waals surface area contributed by atoms with Crippen molar-refractivity contribution in [3.63, 3.8) is 0 Å². The molecule has 0 aromatic heterocycles. The standard InChI is InChI=1S/C6H14N2O6/c7-6(8,13)4-2(10)1(9)3(11)5(12)14-4/h1-5,9-13H,7-8H2/t1-,2-,3+,4-,5?/m0/s1. The summed E-state index contributed by atoms with van der Waals surface area (Å²) in [5.74, 6) is -2.42. The highest BCUT2D eigenvalue weighted by atomic mass is 16.6. The molecule has 14 heavy (non-hydrogen) atoms. The Labute approximate surface area is 79.3 Å². The van der Waals surface area contributed by atoms with Crippen molar-refractivity contribution in [3.8, 4) is 0 Å². The third-order valence-electron chi connectivity index (χ3n) is 2.04. The molecule has 0 saturated carbocycles. The summed E-state index contributed by atoms with van der Waals surface area (Å²) in [6.45, 7) is 0. The molecule has 1 aliphatic rings. The maximum absolute atomic E-state index is 9.30.